The van der Waals surface area contributed by atoms with Crippen molar-refractivity contribution in [1.29, 1.82) is 0 Å². The average molecular weight is 737 g/mol. The summed E-state index contributed by atoms with van der Waals surface area (Å²) in [5.74, 6) is 0. The lowest BCUT2D eigenvalue weighted by Gasteiger charge is -2.46. The highest BCUT2D eigenvalue weighted by Gasteiger charge is 2.47. The molecule has 0 unspecified atom stereocenters. The number of hydrogen-bond acceptors (Lipinski definition) is 6. The molecule has 0 aliphatic heterocycles. The lowest BCUT2D eigenvalue weighted by atomic mass is 9.70. The number of rotatable bonds is 40. The monoisotopic (exact) mass is 737 g/mol. The summed E-state index contributed by atoms with van der Waals surface area (Å²) in [5, 5.41) is 0. The first kappa shape index (κ1) is 49.6. The molecule has 0 aliphatic carbocycles. The second-order valence-corrected chi connectivity index (χ2v) is 17.3. The van der Waals surface area contributed by atoms with Crippen LogP contribution >= 0.6 is 17.2 Å². The van der Waals surface area contributed by atoms with Gasteiger partial charge in [-0.25, -0.2) is 0 Å². The van der Waals surface area contributed by atoms with Crippen molar-refractivity contribution in [3.8, 4) is 0 Å². The zero-order chi connectivity index (χ0) is 36.3. The van der Waals surface area contributed by atoms with E-state index in [1.807, 2.05) is 13.8 Å². The van der Waals surface area contributed by atoms with Crippen LogP contribution in [-0.4, -0.2) is 31.8 Å². The third-order valence-corrected chi connectivity index (χ3v) is 11.8. The van der Waals surface area contributed by atoms with Crippen molar-refractivity contribution in [2.24, 2.45) is 5.41 Å². The molecule has 0 aliphatic rings. The van der Waals surface area contributed by atoms with Crippen molar-refractivity contribution in [2.45, 2.75) is 252 Å². The van der Waals surface area contributed by atoms with Crippen molar-refractivity contribution in [3.63, 3.8) is 0 Å². The Morgan fingerprint density at radius 3 is 0.837 bits per heavy atom. The van der Waals surface area contributed by atoms with Gasteiger partial charge in [-0.1, -0.05) is 233 Å². The molecule has 8 heteroatoms. The van der Waals surface area contributed by atoms with Crippen LogP contribution in [0.3, 0.4) is 0 Å². The van der Waals surface area contributed by atoms with Gasteiger partial charge in [-0.3, -0.25) is 0 Å². The van der Waals surface area contributed by atoms with Gasteiger partial charge in [0.15, 0.2) is 0 Å². The zero-order valence-electron chi connectivity index (χ0n) is 33.2. The van der Waals surface area contributed by atoms with Crippen molar-refractivity contribution in [3.05, 3.63) is 0 Å². The highest BCUT2D eigenvalue weighted by Crippen LogP contribution is 2.50. The quantitative estimate of drug-likeness (QED) is 0.0369. The van der Waals surface area contributed by atoms with Gasteiger partial charge in [-0.05, 0) is 12.8 Å². The minimum absolute atomic E-state index is 0.104. The molecule has 0 aromatic heterocycles. The second-order valence-electron chi connectivity index (χ2n) is 15.9. The Morgan fingerprint density at radius 2 is 0.612 bits per heavy atom. The average Bonchev–Trinajstić information content (AvgIpc) is 3.06. The predicted octanol–water partition coefficient (Wildman–Crippen LogP) is 14.5. The first-order chi connectivity index (χ1) is 23.7. The van der Waals surface area contributed by atoms with Crippen LogP contribution < -0.4 is 0 Å². The van der Waals surface area contributed by atoms with Crippen LogP contribution in [0.15, 0.2) is 0 Å². The summed E-state index contributed by atoms with van der Waals surface area (Å²) in [4.78, 5) is 39.1. The summed E-state index contributed by atoms with van der Waals surface area (Å²) in [5.41, 5.74) is -1.38. The van der Waals surface area contributed by atoms with Gasteiger partial charge in [0.1, 0.15) is 0 Å². The summed E-state index contributed by atoms with van der Waals surface area (Å²) in [6.45, 7) is 8.67. The van der Waals surface area contributed by atoms with Gasteiger partial charge in [-0.2, -0.15) is 0 Å². The van der Waals surface area contributed by atoms with E-state index in [1.165, 1.54) is 180 Å². The van der Waals surface area contributed by atoms with Crippen LogP contribution in [0.2, 0.25) is 0 Å². The molecule has 0 amide bonds. The Bertz CT molecular complexity index is 628. The minimum Gasteiger partial charge on any atom is -0.328 e. The third kappa shape index (κ3) is 30.8. The van der Waals surface area contributed by atoms with Crippen molar-refractivity contribution in [1.82, 2.24) is 0 Å². The van der Waals surface area contributed by atoms with E-state index in [1.54, 1.807) is 0 Å². The standard InChI is InChI=1S/C41H86O6P2/c1-5-7-9-11-13-15-17-19-21-23-25-27-29-31-33-35-37-41(47-49(44)45,40(3,4)39-46-48(42)43)38-36-34-32-30-28-26-24-22-20-18-16-14-12-10-8-6-2/h42-45H,5-39H2,1-4H3. The van der Waals surface area contributed by atoms with E-state index >= 15 is 0 Å². The van der Waals surface area contributed by atoms with Gasteiger partial charge in [0.25, 0.3) is 0 Å². The smallest absolute Gasteiger partial charge is 0.327 e. The van der Waals surface area contributed by atoms with Gasteiger partial charge < -0.3 is 28.6 Å². The predicted molar refractivity (Wildman–Crippen MR) is 215 cm³/mol. The highest BCUT2D eigenvalue weighted by atomic mass is 31.2. The molecule has 6 nitrogen and oxygen atoms in total. The van der Waals surface area contributed by atoms with Crippen LogP contribution in [-0.2, 0) is 9.05 Å². The fourth-order valence-corrected chi connectivity index (χ4v) is 8.62. The van der Waals surface area contributed by atoms with E-state index in [0.717, 1.165) is 38.5 Å². The molecule has 0 spiro atoms. The summed E-state index contributed by atoms with van der Waals surface area (Å²) in [6.07, 6.45) is 43.5. The summed E-state index contributed by atoms with van der Waals surface area (Å²) in [6, 6.07) is 0. The van der Waals surface area contributed by atoms with Crippen molar-refractivity contribution in [2.75, 3.05) is 6.61 Å². The topological polar surface area (TPSA) is 99.4 Å². The first-order valence-electron chi connectivity index (χ1n) is 21.4. The number of hydrogen-bond donors (Lipinski definition) is 4. The highest BCUT2D eigenvalue weighted by molar-refractivity contribution is 7.39. The SMILES string of the molecule is CCCCCCCCCCCCCCCCCCC(CCCCCCCCCCCCCCCCCC)(OP(O)O)C(C)(C)COP(O)O. The van der Waals surface area contributed by atoms with E-state index in [-0.39, 0.29) is 6.61 Å². The maximum absolute atomic E-state index is 10.1. The molecule has 0 heterocycles. The molecule has 0 aromatic carbocycles. The number of unbranched alkanes of at least 4 members (excludes halogenated alkanes) is 30. The van der Waals surface area contributed by atoms with Gasteiger partial charge in [0.05, 0.1) is 12.2 Å². The van der Waals surface area contributed by atoms with Gasteiger partial charge in [0, 0.05) is 5.41 Å². The minimum atomic E-state index is -2.54. The summed E-state index contributed by atoms with van der Waals surface area (Å²) < 4.78 is 11.3. The Hall–Kier alpha value is 0.620. The maximum atomic E-state index is 10.1. The molecule has 0 saturated heterocycles. The molecule has 0 rings (SSSR count). The van der Waals surface area contributed by atoms with E-state index < -0.39 is 28.2 Å². The Labute approximate surface area is 308 Å². The lowest BCUT2D eigenvalue weighted by molar-refractivity contribution is -0.0858. The molecular weight excluding hydrogens is 650 g/mol. The Kier molecular flexibility index (Phi) is 36.1. The van der Waals surface area contributed by atoms with Gasteiger partial charge >= 0.3 is 17.2 Å². The molecule has 0 radical (unpaired) electrons. The fourth-order valence-electron chi connectivity index (χ4n) is 7.44. The molecule has 0 atom stereocenters. The first-order valence-corrected chi connectivity index (χ1v) is 23.7. The van der Waals surface area contributed by atoms with Crippen LogP contribution in [0.5, 0.6) is 0 Å². The molecule has 0 fully saturated rings. The molecule has 49 heavy (non-hydrogen) atoms. The molecule has 296 valence electrons. The van der Waals surface area contributed by atoms with E-state index in [2.05, 4.69) is 13.8 Å². The van der Waals surface area contributed by atoms with Crippen molar-refractivity contribution >= 4 is 17.2 Å². The third-order valence-electron chi connectivity index (χ3n) is 10.9. The molecule has 0 saturated carbocycles. The fraction of sp³-hybridized carbons (Fsp3) is 1.00. The lowest BCUT2D eigenvalue weighted by Crippen LogP contribution is -2.48. The van der Waals surface area contributed by atoms with Gasteiger partial charge in [-0.15, -0.1) is 0 Å². The molecule has 0 aromatic rings. The van der Waals surface area contributed by atoms with Crippen LogP contribution in [0.25, 0.3) is 0 Å². The zero-order valence-corrected chi connectivity index (χ0v) is 35.0. The maximum Gasteiger partial charge on any atom is 0.327 e. The normalized spacial score (nSPS) is 12.6. The second kappa shape index (κ2) is 35.6. The van der Waals surface area contributed by atoms with Crippen LogP contribution in [0.4, 0.5) is 0 Å². The molecule has 0 bridgehead atoms. The van der Waals surface area contributed by atoms with Gasteiger partial charge in [0.2, 0.25) is 0 Å². The molecular formula is C41H86O6P2. The van der Waals surface area contributed by atoms with Crippen LogP contribution in [0, 0.1) is 5.41 Å². The summed E-state index contributed by atoms with van der Waals surface area (Å²) >= 11 is 0. The van der Waals surface area contributed by atoms with E-state index in [9.17, 15) is 19.6 Å². The Balaban J connectivity index is 4.39. The molecule has 4 N–H and O–H groups in total. The largest absolute Gasteiger partial charge is 0.328 e. The van der Waals surface area contributed by atoms with E-state index in [0.29, 0.717) is 0 Å². The van der Waals surface area contributed by atoms with Crippen molar-refractivity contribution < 1.29 is 28.6 Å². The van der Waals surface area contributed by atoms with E-state index in [4.69, 9.17) is 9.05 Å². The van der Waals surface area contributed by atoms with Crippen LogP contribution in [0.1, 0.15) is 246 Å². The Morgan fingerprint density at radius 1 is 0.367 bits per heavy atom. The summed E-state index contributed by atoms with van der Waals surface area (Å²) in [7, 11) is -5.02.